The first-order valence-corrected chi connectivity index (χ1v) is 9.12. The Labute approximate surface area is 159 Å². The molecule has 1 aliphatic heterocycles. The van der Waals surface area contributed by atoms with Crippen LogP contribution in [0.25, 0.3) is 11.4 Å². The van der Waals surface area contributed by atoms with Crippen molar-refractivity contribution >= 4 is 11.6 Å². The van der Waals surface area contributed by atoms with E-state index in [1.165, 1.54) is 49.9 Å². The van der Waals surface area contributed by atoms with E-state index in [4.69, 9.17) is 0 Å². The van der Waals surface area contributed by atoms with Crippen LogP contribution in [0, 0.1) is 0 Å². The zero-order valence-electron chi connectivity index (χ0n) is 15.3. The maximum Gasteiger partial charge on any atom is 0.471 e. The minimum Gasteiger partial charge on any atom is -0.329 e. The quantitative estimate of drug-likeness (QED) is 0.736. The highest BCUT2D eigenvalue weighted by Gasteiger charge is 2.48. The van der Waals surface area contributed by atoms with Crippen LogP contribution in [0.15, 0.2) is 33.8 Å². The fourth-order valence-corrected chi connectivity index (χ4v) is 3.75. The smallest absolute Gasteiger partial charge is 0.329 e. The molecule has 2 heterocycles. The number of halogens is 3. The van der Waals surface area contributed by atoms with Crippen molar-refractivity contribution < 1.29 is 22.5 Å². The number of hydrogen-bond donors (Lipinski definition) is 0. The van der Waals surface area contributed by atoms with Crippen molar-refractivity contribution in [1.29, 1.82) is 0 Å². The molecule has 6 nitrogen and oxygen atoms in total. The van der Waals surface area contributed by atoms with Crippen LogP contribution in [0.3, 0.4) is 0 Å². The fourth-order valence-electron chi connectivity index (χ4n) is 3.75. The van der Waals surface area contributed by atoms with Gasteiger partial charge in [0.2, 0.25) is 5.82 Å². The van der Waals surface area contributed by atoms with Gasteiger partial charge in [-0.25, -0.2) is 4.99 Å². The molecule has 0 atom stereocenters. The van der Waals surface area contributed by atoms with Crippen LogP contribution in [0.1, 0.15) is 48.9 Å². The molecule has 148 valence electrons. The lowest BCUT2D eigenvalue weighted by Crippen LogP contribution is -2.64. The molecule has 1 spiro atoms. The number of likely N-dealkylation sites (tertiary alicyclic amines) is 1. The molecule has 1 aliphatic carbocycles. The highest BCUT2D eigenvalue weighted by molar-refractivity contribution is 6.04. The number of rotatable bonds is 4. The fraction of sp³-hybridized carbons (Fsp3) is 0.474. The van der Waals surface area contributed by atoms with E-state index in [1.807, 2.05) is 6.92 Å². The molecular weight excluding hydrogens is 373 g/mol. The van der Waals surface area contributed by atoms with Crippen molar-refractivity contribution in [3.63, 3.8) is 0 Å². The molecule has 9 heteroatoms. The van der Waals surface area contributed by atoms with Gasteiger partial charge in [0.05, 0.1) is 0 Å². The van der Waals surface area contributed by atoms with Crippen LogP contribution in [0.5, 0.6) is 0 Å². The second-order valence-electron chi connectivity index (χ2n) is 7.40. The van der Waals surface area contributed by atoms with Gasteiger partial charge in [-0.3, -0.25) is 9.69 Å². The molecule has 0 unspecified atom stereocenters. The third-order valence-corrected chi connectivity index (χ3v) is 5.57. The van der Waals surface area contributed by atoms with E-state index >= 15 is 0 Å². The third-order valence-electron chi connectivity index (χ3n) is 5.57. The molecule has 1 aromatic heterocycles. The summed E-state index contributed by atoms with van der Waals surface area (Å²) in [7, 11) is 0. The SMILES string of the molecule is C/C(CN1CCC12CCC2)=N\C(=O)c1ccc(-c2noc(C(F)(F)F)n2)cc1. The molecule has 2 fully saturated rings. The average molecular weight is 392 g/mol. The molecule has 1 saturated carbocycles. The number of nitrogens with zero attached hydrogens (tertiary/aromatic N) is 4. The van der Waals surface area contributed by atoms with Gasteiger partial charge in [0.25, 0.3) is 5.91 Å². The summed E-state index contributed by atoms with van der Waals surface area (Å²) < 4.78 is 41.8. The van der Waals surface area contributed by atoms with E-state index < -0.39 is 12.1 Å². The Hall–Kier alpha value is -2.55. The Morgan fingerprint density at radius 3 is 2.46 bits per heavy atom. The molecule has 0 radical (unpaired) electrons. The zero-order chi connectivity index (χ0) is 19.9. The van der Waals surface area contributed by atoms with E-state index in [1.54, 1.807) is 0 Å². The Balaban J connectivity index is 1.41. The Kier molecular flexibility index (Phi) is 4.57. The summed E-state index contributed by atoms with van der Waals surface area (Å²) in [5.74, 6) is -1.97. The number of benzene rings is 1. The van der Waals surface area contributed by atoms with E-state index in [2.05, 4.69) is 24.6 Å². The zero-order valence-corrected chi connectivity index (χ0v) is 15.3. The van der Waals surface area contributed by atoms with Crippen LogP contribution in [-0.2, 0) is 6.18 Å². The number of alkyl halides is 3. The molecule has 4 rings (SSSR count). The number of aromatic nitrogens is 2. The summed E-state index contributed by atoms with van der Waals surface area (Å²) in [4.78, 5) is 22.3. The lowest BCUT2D eigenvalue weighted by molar-refractivity contribution is -0.159. The molecule has 1 amide bonds. The number of carbonyl (C=O) groups excluding carboxylic acids is 1. The highest BCUT2D eigenvalue weighted by Crippen LogP contribution is 2.46. The van der Waals surface area contributed by atoms with Gasteiger partial charge in [0.15, 0.2) is 0 Å². The van der Waals surface area contributed by atoms with Crippen LogP contribution < -0.4 is 0 Å². The molecule has 28 heavy (non-hydrogen) atoms. The minimum atomic E-state index is -4.69. The maximum atomic E-state index is 12.5. The van der Waals surface area contributed by atoms with Gasteiger partial charge in [0.1, 0.15) is 0 Å². The molecule has 0 bridgehead atoms. The van der Waals surface area contributed by atoms with Crippen molar-refractivity contribution in [3.05, 3.63) is 35.7 Å². The van der Waals surface area contributed by atoms with E-state index in [0.717, 1.165) is 12.3 Å². The number of hydrogen-bond acceptors (Lipinski definition) is 5. The number of amides is 1. The second-order valence-corrected chi connectivity index (χ2v) is 7.40. The Morgan fingerprint density at radius 1 is 1.25 bits per heavy atom. The van der Waals surface area contributed by atoms with E-state index in [0.29, 0.717) is 23.2 Å². The molecular formula is C19H19F3N4O2. The van der Waals surface area contributed by atoms with Crippen LogP contribution in [-0.4, -0.2) is 45.3 Å². The van der Waals surface area contributed by atoms with Crippen molar-refractivity contribution in [1.82, 2.24) is 15.0 Å². The first-order chi connectivity index (χ1) is 13.3. The first-order valence-electron chi connectivity index (χ1n) is 9.12. The molecule has 2 aliphatic rings. The molecule has 0 N–H and O–H groups in total. The standard InChI is InChI=1S/C19H19F3N4O2/c1-12(11-26-10-9-18(26)7-2-8-18)23-16(27)14-5-3-13(4-6-14)15-24-17(28-25-15)19(20,21)22/h3-6H,2,7-11H2,1H3/b23-12+. The van der Waals surface area contributed by atoms with Crippen molar-refractivity contribution in [3.8, 4) is 11.4 Å². The van der Waals surface area contributed by atoms with E-state index in [-0.39, 0.29) is 11.7 Å². The molecule has 1 saturated heterocycles. The topological polar surface area (TPSA) is 71.6 Å². The average Bonchev–Trinajstić information content (AvgIpc) is 3.08. The predicted molar refractivity (Wildman–Crippen MR) is 94.9 cm³/mol. The number of carbonyl (C=O) groups is 1. The van der Waals surface area contributed by atoms with Crippen LogP contribution in [0.2, 0.25) is 0 Å². The minimum absolute atomic E-state index is 0.186. The van der Waals surface area contributed by atoms with Crippen LogP contribution in [0.4, 0.5) is 13.2 Å². The van der Waals surface area contributed by atoms with Gasteiger partial charge < -0.3 is 4.52 Å². The highest BCUT2D eigenvalue weighted by atomic mass is 19.4. The Bertz CT molecular complexity index is 908. The summed E-state index contributed by atoms with van der Waals surface area (Å²) in [6.45, 7) is 3.57. The number of aliphatic imine (C=N–C) groups is 1. The third kappa shape index (κ3) is 3.46. The summed E-state index contributed by atoms with van der Waals surface area (Å²) in [5, 5.41) is 3.33. The second kappa shape index (κ2) is 6.80. The van der Waals surface area contributed by atoms with E-state index in [9.17, 15) is 18.0 Å². The summed E-state index contributed by atoms with van der Waals surface area (Å²) in [6, 6.07) is 5.94. The monoisotopic (exact) mass is 392 g/mol. The van der Waals surface area contributed by atoms with Crippen molar-refractivity contribution in [2.45, 2.75) is 44.3 Å². The Morgan fingerprint density at radius 2 is 1.96 bits per heavy atom. The van der Waals surface area contributed by atoms with Crippen molar-refractivity contribution in [2.24, 2.45) is 4.99 Å². The molecule has 2 aromatic rings. The maximum absolute atomic E-state index is 12.5. The summed E-state index contributed by atoms with van der Waals surface area (Å²) in [5.41, 5.74) is 1.78. The van der Waals surface area contributed by atoms with Gasteiger partial charge in [0, 0.05) is 35.5 Å². The van der Waals surface area contributed by atoms with Gasteiger partial charge in [-0.2, -0.15) is 18.2 Å². The lowest BCUT2D eigenvalue weighted by atomic mass is 9.68. The van der Waals surface area contributed by atoms with Gasteiger partial charge >= 0.3 is 12.1 Å². The largest absolute Gasteiger partial charge is 0.471 e. The van der Waals surface area contributed by atoms with Gasteiger partial charge in [-0.15, -0.1) is 0 Å². The first kappa shape index (κ1) is 18.8. The summed E-state index contributed by atoms with van der Waals surface area (Å²) >= 11 is 0. The van der Waals surface area contributed by atoms with Crippen LogP contribution >= 0.6 is 0 Å². The summed E-state index contributed by atoms with van der Waals surface area (Å²) in [6.07, 6.45) is 0.246. The lowest BCUT2D eigenvalue weighted by Gasteiger charge is -2.58. The van der Waals surface area contributed by atoms with Gasteiger partial charge in [-0.05, 0) is 44.7 Å². The van der Waals surface area contributed by atoms with Crippen molar-refractivity contribution in [2.75, 3.05) is 13.1 Å². The molecule has 1 aromatic carbocycles. The normalized spacial score (nSPS) is 19.4. The predicted octanol–water partition coefficient (Wildman–Crippen LogP) is 3.98. The van der Waals surface area contributed by atoms with Gasteiger partial charge in [-0.1, -0.05) is 17.3 Å².